The van der Waals surface area contributed by atoms with Gasteiger partial charge in [-0.15, -0.1) is 0 Å². The molecular formula is C10H18O. The van der Waals surface area contributed by atoms with Crippen LogP contribution in [0.5, 0.6) is 0 Å². The van der Waals surface area contributed by atoms with Crippen molar-refractivity contribution in [3.8, 4) is 0 Å². The number of rotatable bonds is 1. The van der Waals surface area contributed by atoms with E-state index in [0.717, 1.165) is 19.3 Å². The van der Waals surface area contributed by atoms with E-state index in [2.05, 4.69) is 20.8 Å². The molecule has 1 aliphatic carbocycles. The smallest absolute Gasteiger partial charge is 0.141 e. The van der Waals surface area contributed by atoms with Crippen LogP contribution in [0.3, 0.4) is 0 Å². The molecule has 0 spiro atoms. The van der Waals surface area contributed by atoms with Crippen LogP contribution in [-0.2, 0) is 4.79 Å². The Morgan fingerprint density at radius 3 is 2.73 bits per heavy atom. The Kier molecular flexibility index (Phi) is 2.36. The summed E-state index contributed by atoms with van der Waals surface area (Å²) >= 11 is 0. The van der Waals surface area contributed by atoms with Crippen LogP contribution >= 0.6 is 0 Å². The van der Waals surface area contributed by atoms with E-state index in [-0.39, 0.29) is 5.41 Å². The third-order valence-electron chi connectivity index (χ3n) is 3.19. The summed E-state index contributed by atoms with van der Waals surface area (Å²) in [6.07, 6.45) is 4.45. The summed E-state index contributed by atoms with van der Waals surface area (Å²) in [6.45, 7) is 6.30. The van der Waals surface area contributed by atoms with Crippen LogP contribution < -0.4 is 0 Å². The highest BCUT2D eigenvalue weighted by atomic mass is 16.1. The Balaban J connectivity index is 2.72. The second-order valence-electron chi connectivity index (χ2n) is 4.07. The van der Waals surface area contributed by atoms with Gasteiger partial charge in [0, 0.05) is 11.3 Å². The summed E-state index contributed by atoms with van der Waals surface area (Å²) in [5.74, 6) is 0.806. The van der Waals surface area contributed by atoms with Gasteiger partial charge in [0.25, 0.3) is 0 Å². The molecule has 0 radical (unpaired) electrons. The fourth-order valence-corrected chi connectivity index (χ4v) is 2.00. The lowest BCUT2D eigenvalue weighted by molar-refractivity contribution is -0.134. The van der Waals surface area contributed by atoms with Gasteiger partial charge in [-0.1, -0.05) is 27.2 Å². The number of Topliss-reactive ketones (excluding diaryl/α,β-unsaturated/α-hetero) is 1. The Labute approximate surface area is 69.2 Å². The second-order valence-corrected chi connectivity index (χ2v) is 4.07. The SMILES string of the molecule is CCC1(C)CCCC(C)C1=O. The molecule has 11 heavy (non-hydrogen) atoms. The first-order valence-electron chi connectivity index (χ1n) is 4.64. The van der Waals surface area contributed by atoms with E-state index in [0.29, 0.717) is 11.7 Å². The van der Waals surface area contributed by atoms with E-state index in [1.54, 1.807) is 0 Å². The molecule has 1 rings (SSSR count). The van der Waals surface area contributed by atoms with Crippen molar-refractivity contribution in [2.45, 2.75) is 46.5 Å². The van der Waals surface area contributed by atoms with Gasteiger partial charge in [0.15, 0.2) is 0 Å². The minimum atomic E-state index is 0.0116. The number of carbonyl (C=O) groups excluding carboxylic acids is 1. The fraction of sp³-hybridized carbons (Fsp3) is 0.900. The first-order valence-corrected chi connectivity index (χ1v) is 4.64. The molecule has 2 unspecified atom stereocenters. The molecule has 0 amide bonds. The third kappa shape index (κ3) is 1.47. The van der Waals surface area contributed by atoms with Gasteiger partial charge in [-0.25, -0.2) is 0 Å². The molecule has 0 bridgehead atoms. The molecule has 0 heterocycles. The summed E-state index contributed by atoms with van der Waals surface area (Å²) in [5, 5.41) is 0. The molecule has 1 saturated carbocycles. The van der Waals surface area contributed by atoms with Gasteiger partial charge in [-0.05, 0) is 19.3 Å². The molecule has 0 aliphatic heterocycles. The van der Waals surface area contributed by atoms with Gasteiger partial charge >= 0.3 is 0 Å². The highest BCUT2D eigenvalue weighted by Gasteiger charge is 2.37. The molecule has 64 valence electrons. The second kappa shape index (κ2) is 2.96. The Bertz CT molecular complexity index is 162. The predicted octanol–water partition coefficient (Wildman–Crippen LogP) is 2.79. The van der Waals surface area contributed by atoms with Crippen molar-refractivity contribution in [2.75, 3.05) is 0 Å². The molecule has 1 aliphatic rings. The fourth-order valence-electron chi connectivity index (χ4n) is 2.00. The maximum absolute atomic E-state index is 11.7. The standard InChI is InChI=1S/C10H18O/c1-4-10(3)7-5-6-8(2)9(10)11/h8H,4-7H2,1-3H3. The molecule has 2 atom stereocenters. The zero-order valence-corrected chi connectivity index (χ0v) is 7.81. The van der Waals surface area contributed by atoms with Gasteiger partial charge in [0.2, 0.25) is 0 Å². The lowest BCUT2D eigenvalue weighted by Crippen LogP contribution is -2.35. The van der Waals surface area contributed by atoms with Crippen LogP contribution in [0.15, 0.2) is 0 Å². The van der Waals surface area contributed by atoms with Crippen molar-refractivity contribution >= 4 is 5.78 Å². The zero-order chi connectivity index (χ0) is 8.48. The monoisotopic (exact) mass is 154 g/mol. The summed E-state index contributed by atoms with van der Waals surface area (Å²) in [5.41, 5.74) is 0.0116. The van der Waals surface area contributed by atoms with Crippen molar-refractivity contribution < 1.29 is 4.79 Å². The zero-order valence-electron chi connectivity index (χ0n) is 7.81. The summed E-state index contributed by atoms with van der Waals surface area (Å²) in [6, 6.07) is 0. The van der Waals surface area contributed by atoms with E-state index in [1.807, 2.05) is 0 Å². The molecule has 1 heteroatoms. The quantitative estimate of drug-likeness (QED) is 0.567. The number of hydrogen-bond acceptors (Lipinski definition) is 1. The number of ketones is 1. The highest BCUT2D eigenvalue weighted by Crippen LogP contribution is 2.37. The van der Waals surface area contributed by atoms with Crippen molar-refractivity contribution in [1.29, 1.82) is 0 Å². The Morgan fingerprint density at radius 2 is 2.27 bits per heavy atom. The van der Waals surface area contributed by atoms with Crippen LogP contribution in [-0.4, -0.2) is 5.78 Å². The number of carbonyl (C=O) groups is 1. The van der Waals surface area contributed by atoms with Gasteiger partial charge in [-0.3, -0.25) is 4.79 Å². The molecule has 0 aromatic heterocycles. The lowest BCUT2D eigenvalue weighted by atomic mass is 9.69. The topological polar surface area (TPSA) is 17.1 Å². The van der Waals surface area contributed by atoms with Crippen molar-refractivity contribution in [2.24, 2.45) is 11.3 Å². The average Bonchev–Trinajstić information content (AvgIpc) is 2.00. The van der Waals surface area contributed by atoms with Gasteiger partial charge in [0.1, 0.15) is 5.78 Å². The Morgan fingerprint density at radius 1 is 1.64 bits per heavy atom. The number of hydrogen-bond donors (Lipinski definition) is 0. The largest absolute Gasteiger partial charge is 0.299 e. The predicted molar refractivity (Wildman–Crippen MR) is 46.4 cm³/mol. The maximum Gasteiger partial charge on any atom is 0.141 e. The van der Waals surface area contributed by atoms with E-state index in [9.17, 15) is 4.79 Å². The summed E-state index contributed by atoms with van der Waals surface area (Å²) in [4.78, 5) is 11.7. The molecular weight excluding hydrogens is 136 g/mol. The minimum absolute atomic E-state index is 0.0116. The third-order valence-corrected chi connectivity index (χ3v) is 3.19. The van der Waals surface area contributed by atoms with Crippen molar-refractivity contribution in [1.82, 2.24) is 0 Å². The van der Waals surface area contributed by atoms with Crippen LogP contribution in [0, 0.1) is 11.3 Å². The van der Waals surface area contributed by atoms with Gasteiger partial charge in [-0.2, -0.15) is 0 Å². The first kappa shape index (κ1) is 8.76. The molecule has 0 aromatic rings. The van der Waals surface area contributed by atoms with E-state index < -0.39 is 0 Å². The van der Waals surface area contributed by atoms with Crippen LogP contribution in [0.2, 0.25) is 0 Å². The highest BCUT2D eigenvalue weighted by molar-refractivity contribution is 5.86. The van der Waals surface area contributed by atoms with Crippen molar-refractivity contribution in [3.05, 3.63) is 0 Å². The van der Waals surface area contributed by atoms with E-state index in [4.69, 9.17) is 0 Å². The summed E-state index contributed by atoms with van der Waals surface area (Å²) < 4.78 is 0. The van der Waals surface area contributed by atoms with Gasteiger partial charge < -0.3 is 0 Å². The van der Waals surface area contributed by atoms with Gasteiger partial charge in [0.05, 0.1) is 0 Å². The molecule has 0 saturated heterocycles. The van der Waals surface area contributed by atoms with Crippen molar-refractivity contribution in [3.63, 3.8) is 0 Å². The molecule has 0 aromatic carbocycles. The van der Waals surface area contributed by atoms with Crippen LogP contribution in [0.25, 0.3) is 0 Å². The summed E-state index contributed by atoms with van der Waals surface area (Å²) in [7, 11) is 0. The average molecular weight is 154 g/mol. The molecule has 0 N–H and O–H groups in total. The minimum Gasteiger partial charge on any atom is -0.299 e. The normalized spacial score (nSPS) is 39.2. The maximum atomic E-state index is 11.7. The Hall–Kier alpha value is -0.330. The van der Waals surface area contributed by atoms with E-state index in [1.165, 1.54) is 6.42 Å². The van der Waals surface area contributed by atoms with Crippen LogP contribution in [0.1, 0.15) is 46.5 Å². The first-order chi connectivity index (χ1) is 5.10. The van der Waals surface area contributed by atoms with Crippen LogP contribution in [0.4, 0.5) is 0 Å². The van der Waals surface area contributed by atoms with E-state index >= 15 is 0 Å². The lowest BCUT2D eigenvalue weighted by Gasteiger charge is -2.34. The molecule has 1 fully saturated rings. The molecule has 1 nitrogen and oxygen atoms in total.